The second-order valence-corrected chi connectivity index (χ2v) is 8.68. The number of hydrogen-bond donors (Lipinski definition) is 3. The molecule has 3 N–H and O–H groups in total. The second kappa shape index (κ2) is 11.4. The number of hydrogen-bond acceptors (Lipinski definition) is 3. The van der Waals surface area contributed by atoms with Crippen molar-refractivity contribution in [3.8, 4) is 0 Å². The number of carbonyl (C=O) groups excluding carboxylic acids is 2. The van der Waals surface area contributed by atoms with Crippen LogP contribution in [0.4, 0.5) is 16.2 Å². The Bertz CT molecular complexity index is 1100. The molecule has 0 spiro atoms. The SMILES string of the molecule is CC(NC(=O)c1cc(NC(=O)NCc2ccccc2)ccc1N1CCCCC1)c1ccccc1. The molecule has 1 atom stereocenters. The van der Waals surface area contributed by atoms with Crippen LogP contribution in [0, 0.1) is 0 Å². The van der Waals surface area contributed by atoms with Crippen molar-refractivity contribution >= 4 is 23.3 Å². The Balaban J connectivity index is 1.50. The molecule has 34 heavy (non-hydrogen) atoms. The Labute approximate surface area is 201 Å². The number of amides is 3. The molecular formula is C28H32N4O2. The lowest BCUT2D eigenvalue weighted by Gasteiger charge is -2.31. The zero-order chi connectivity index (χ0) is 23.8. The molecule has 3 aromatic rings. The van der Waals surface area contributed by atoms with Crippen molar-refractivity contribution in [2.24, 2.45) is 0 Å². The van der Waals surface area contributed by atoms with E-state index in [0.29, 0.717) is 17.8 Å². The molecule has 176 valence electrons. The van der Waals surface area contributed by atoms with Crippen LogP contribution in [0.25, 0.3) is 0 Å². The monoisotopic (exact) mass is 456 g/mol. The van der Waals surface area contributed by atoms with Crippen molar-refractivity contribution < 1.29 is 9.59 Å². The van der Waals surface area contributed by atoms with Crippen LogP contribution in [-0.2, 0) is 6.54 Å². The molecule has 4 rings (SSSR count). The van der Waals surface area contributed by atoms with E-state index in [-0.39, 0.29) is 18.0 Å². The number of nitrogens with zero attached hydrogens (tertiary/aromatic N) is 1. The molecule has 3 aromatic carbocycles. The molecule has 0 aromatic heterocycles. The Hall–Kier alpha value is -3.80. The molecule has 1 fully saturated rings. The molecule has 6 nitrogen and oxygen atoms in total. The van der Waals surface area contributed by atoms with Gasteiger partial charge < -0.3 is 20.9 Å². The fourth-order valence-corrected chi connectivity index (χ4v) is 4.26. The predicted octanol–water partition coefficient (Wildman–Crippen LogP) is 5.49. The van der Waals surface area contributed by atoms with E-state index in [1.54, 1.807) is 6.07 Å². The van der Waals surface area contributed by atoms with Crippen LogP contribution in [-0.4, -0.2) is 25.0 Å². The van der Waals surface area contributed by atoms with Crippen LogP contribution in [0.3, 0.4) is 0 Å². The Morgan fingerprint density at radius 3 is 2.26 bits per heavy atom. The van der Waals surface area contributed by atoms with Crippen molar-refractivity contribution in [2.45, 2.75) is 38.8 Å². The van der Waals surface area contributed by atoms with E-state index >= 15 is 0 Å². The van der Waals surface area contributed by atoms with Crippen LogP contribution >= 0.6 is 0 Å². The van der Waals surface area contributed by atoms with Gasteiger partial charge in [0.1, 0.15) is 0 Å². The summed E-state index contributed by atoms with van der Waals surface area (Å²) in [4.78, 5) is 28.1. The van der Waals surface area contributed by atoms with Gasteiger partial charge in [-0.25, -0.2) is 4.79 Å². The molecule has 1 heterocycles. The minimum Gasteiger partial charge on any atom is -0.371 e. The highest BCUT2D eigenvalue weighted by molar-refractivity contribution is 6.02. The number of anilines is 2. The van der Waals surface area contributed by atoms with Crippen LogP contribution in [0.5, 0.6) is 0 Å². The van der Waals surface area contributed by atoms with Crippen LogP contribution in [0.1, 0.15) is 53.7 Å². The average Bonchev–Trinajstić information content (AvgIpc) is 2.89. The largest absolute Gasteiger partial charge is 0.371 e. The second-order valence-electron chi connectivity index (χ2n) is 8.68. The smallest absolute Gasteiger partial charge is 0.319 e. The lowest BCUT2D eigenvalue weighted by Crippen LogP contribution is -2.34. The lowest BCUT2D eigenvalue weighted by atomic mass is 10.0. The number of nitrogens with one attached hydrogen (secondary N) is 3. The maximum atomic E-state index is 13.4. The summed E-state index contributed by atoms with van der Waals surface area (Å²) in [5.74, 6) is -0.148. The summed E-state index contributed by atoms with van der Waals surface area (Å²) in [7, 11) is 0. The summed E-state index contributed by atoms with van der Waals surface area (Å²) < 4.78 is 0. The van der Waals surface area contributed by atoms with Gasteiger partial charge in [-0.05, 0) is 55.5 Å². The van der Waals surface area contributed by atoms with Crippen molar-refractivity contribution in [1.29, 1.82) is 0 Å². The van der Waals surface area contributed by atoms with E-state index < -0.39 is 0 Å². The summed E-state index contributed by atoms with van der Waals surface area (Å²) in [6.07, 6.45) is 3.44. The Morgan fingerprint density at radius 2 is 1.56 bits per heavy atom. The standard InChI is InChI=1S/C28H32N4O2/c1-21(23-13-7-3-8-14-23)30-27(33)25-19-24(15-16-26(25)32-17-9-4-10-18-32)31-28(34)29-20-22-11-5-2-6-12-22/h2-3,5-8,11-16,19,21H,4,9-10,17-18,20H2,1H3,(H,30,33)(H2,29,31,34). The van der Waals surface area contributed by atoms with Gasteiger partial charge in [0.05, 0.1) is 11.6 Å². The van der Waals surface area contributed by atoms with Gasteiger partial charge in [-0.1, -0.05) is 60.7 Å². The van der Waals surface area contributed by atoms with E-state index in [0.717, 1.165) is 42.7 Å². The van der Waals surface area contributed by atoms with Gasteiger partial charge in [0.15, 0.2) is 0 Å². The van der Waals surface area contributed by atoms with Crippen LogP contribution in [0.15, 0.2) is 78.9 Å². The molecule has 1 unspecified atom stereocenters. The van der Waals surface area contributed by atoms with Gasteiger partial charge in [-0.15, -0.1) is 0 Å². The first-order chi connectivity index (χ1) is 16.6. The zero-order valence-electron chi connectivity index (χ0n) is 19.6. The predicted molar refractivity (Wildman–Crippen MR) is 137 cm³/mol. The highest BCUT2D eigenvalue weighted by Gasteiger charge is 2.21. The van der Waals surface area contributed by atoms with E-state index in [9.17, 15) is 9.59 Å². The number of piperidine rings is 1. The van der Waals surface area contributed by atoms with Gasteiger partial charge in [0, 0.05) is 31.0 Å². The molecule has 1 aliphatic heterocycles. The number of rotatable bonds is 7. The maximum absolute atomic E-state index is 13.4. The van der Waals surface area contributed by atoms with Gasteiger partial charge >= 0.3 is 6.03 Å². The number of urea groups is 1. The molecule has 0 aliphatic carbocycles. The molecule has 0 bridgehead atoms. The average molecular weight is 457 g/mol. The fourth-order valence-electron chi connectivity index (χ4n) is 4.26. The topological polar surface area (TPSA) is 73.5 Å². The van der Waals surface area contributed by atoms with Crippen LogP contribution in [0.2, 0.25) is 0 Å². The first-order valence-corrected chi connectivity index (χ1v) is 11.9. The van der Waals surface area contributed by atoms with Gasteiger partial charge in [0.25, 0.3) is 5.91 Å². The molecule has 0 saturated carbocycles. The summed E-state index contributed by atoms with van der Waals surface area (Å²) in [6.45, 7) is 4.27. The molecule has 6 heteroatoms. The van der Waals surface area contributed by atoms with Gasteiger partial charge in [-0.3, -0.25) is 4.79 Å². The third kappa shape index (κ3) is 6.16. The highest BCUT2D eigenvalue weighted by Crippen LogP contribution is 2.28. The fraction of sp³-hybridized carbons (Fsp3) is 0.286. The molecule has 0 radical (unpaired) electrons. The third-order valence-electron chi connectivity index (χ3n) is 6.14. The first-order valence-electron chi connectivity index (χ1n) is 11.9. The first kappa shape index (κ1) is 23.4. The zero-order valence-corrected chi connectivity index (χ0v) is 19.6. The minimum absolute atomic E-state index is 0.131. The Kier molecular flexibility index (Phi) is 7.81. The minimum atomic E-state index is -0.307. The molecular weight excluding hydrogens is 424 g/mol. The molecule has 3 amide bonds. The summed E-state index contributed by atoms with van der Waals surface area (Å²) in [5, 5.41) is 8.87. The Morgan fingerprint density at radius 1 is 0.882 bits per heavy atom. The highest BCUT2D eigenvalue weighted by atomic mass is 16.2. The van der Waals surface area contributed by atoms with Gasteiger partial charge in [0.2, 0.25) is 0 Å². The summed E-state index contributed by atoms with van der Waals surface area (Å²) in [6, 6.07) is 24.8. The summed E-state index contributed by atoms with van der Waals surface area (Å²) in [5.41, 5.74) is 4.14. The number of benzene rings is 3. The van der Waals surface area contributed by atoms with Gasteiger partial charge in [-0.2, -0.15) is 0 Å². The van der Waals surface area contributed by atoms with E-state index in [1.165, 1.54) is 6.42 Å². The van der Waals surface area contributed by atoms with E-state index in [4.69, 9.17) is 0 Å². The van der Waals surface area contributed by atoms with Crippen molar-refractivity contribution in [1.82, 2.24) is 10.6 Å². The third-order valence-corrected chi connectivity index (χ3v) is 6.14. The molecule has 1 aliphatic rings. The van der Waals surface area contributed by atoms with Crippen molar-refractivity contribution in [3.05, 3.63) is 95.6 Å². The lowest BCUT2D eigenvalue weighted by molar-refractivity contribution is 0.0940. The number of carbonyl (C=O) groups is 2. The summed E-state index contributed by atoms with van der Waals surface area (Å²) >= 11 is 0. The normalized spacial score (nSPS) is 14.2. The van der Waals surface area contributed by atoms with E-state index in [1.807, 2.05) is 79.7 Å². The van der Waals surface area contributed by atoms with Crippen LogP contribution < -0.4 is 20.9 Å². The maximum Gasteiger partial charge on any atom is 0.319 e. The quantitative estimate of drug-likeness (QED) is 0.440. The van der Waals surface area contributed by atoms with Crippen molar-refractivity contribution in [2.75, 3.05) is 23.3 Å². The molecule has 1 saturated heterocycles. The van der Waals surface area contributed by atoms with Crippen molar-refractivity contribution in [3.63, 3.8) is 0 Å². The van der Waals surface area contributed by atoms with E-state index in [2.05, 4.69) is 20.9 Å².